The lowest BCUT2D eigenvalue weighted by molar-refractivity contribution is 0.423. The maximum absolute atomic E-state index is 14.0. The van der Waals surface area contributed by atoms with Crippen LogP contribution < -0.4 is 11.1 Å². The number of benzene rings is 1. The lowest BCUT2D eigenvalue weighted by atomic mass is 10.0. The van der Waals surface area contributed by atoms with Crippen molar-refractivity contribution < 1.29 is 4.39 Å². The van der Waals surface area contributed by atoms with Crippen LogP contribution >= 0.6 is 11.6 Å². The van der Waals surface area contributed by atoms with E-state index in [1.54, 1.807) is 18.2 Å². The Balaban J connectivity index is 2.10. The molecule has 1 aliphatic carbocycles. The van der Waals surface area contributed by atoms with Gasteiger partial charge in [0.1, 0.15) is 5.82 Å². The Morgan fingerprint density at radius 2 is 2.28 bits per heavy atom. The van der Waals surface area contributed by atoms with Crippen molar-refractivity contribution >= 4 is 11.6 Å². The van der Waals surface area contributed by atoms with E-state index in [0.717, 1.165) is 18.8 Å². The van der Waals surface area contributed by atoms with Crippen LogP contribution in [0.15, 0.2) is 18.2 Å². The molecular formula is C14H20ClFN2. The Morgan fingerprint density at radius 1 is 1.50 bits per heavy atom. The molecule has 2 rings (SSSR count). The Hall–Kier alpha value is -0.640. The first-order valence-electron chi connectivity index (χ1n) is 6.51. The van der Waals surface area contributed by atoms with Crippen LogP contribution in [0.5, 0.6) is 0 Å². The summed E-state index contributed by atoms with van der Waals surface area (Å²) in [4.78, 5) is 0. The summed E-state index contributed by atoms with van der Waals surface area (Å²) in [5.41, 5.74) is 6.34. The van der Waals surface area contributed by atoms with Gasteiger partial charge in [0.25, 0.3) is 0 Å². The molecule has 4 heteroatoms. The van der Waals surface area contributed by atoms with Crippen LogP contribution in [0.25, 0.3) is 0 Å². The molecule has 1 aromatic carbocycles. The molecule has 1 aromatic rings. The summed E-state index contributed by atoms with van der Waals surface area (Å²) in [6.45, 7) is 2.63. The zero-order valence-corrected chi connectivity index (χ0v) is 11.4. The van der Waals surface area contributed by atoms with Gasteiger partial charge in [0.2, 0.25) is 0 Å². The molecule has 0 amide bonds. The molecule has 2 nitrogen and oxygen atoms in total. The minimum Gasteiger partial charge on any atom is -0.329 e. The third kappa shape index (κ3) is 3.02. The van der Waals surface area contributed by atoms with E-state index in [0.29, 0.717) is 18.2 Å². The van der Waals surface area contributed by atoms with Gasteiger partial charge in [-0.05, 0) is 31.2 Å². The fraction of sp³-hybridized carbons (Fsp3) is 0.571. The van der Waals surface area contributed by atoms with Crippen LogP contribution in [0.4, 0.5) is 4.39 Å². The fourth-order valence-electron chi connectivity index (χ4n) is 2.72. The summed E-state index contributed by atoms with van der Waals surface area (Å²) in [6.07, 6.45) is 3.51. The van der Waals surface area contributed by atoms with Crippen LogP contribution in [-0.2, 0) is 0 Å². The Labute approximate surface area is 113 Å². The average Bonchev–Trinajstić information content (AvgIpc) is 2.76. The van der Waals surface area contributed by atoms with Gasteiger partial charge in [-0.2, -0.15) is 0 Å². The summed E-state index contributed by atoms with van der Waals surface area (Å²) in [7, 11) is 0. The highest BCUT2D eigenvalue weighted by atomic mass is 35.5. The summed E-state index contributed by atoms with van der Waals surface area (Å²) in [5.74, 6) is 0.387. The normalized spacial score (nSPS) is 25.3. The maximum atomic E-state index is 14.0. The second kappa shape index (κ2) is 6.00. The van der Waals surface area contributed by atoms with Crippen LogP contribution in [0.3, 0.4) is 0 Å². The topological polar surface area (TPSA) is 38.0 Å². The van der Waals surface area contributed by atoms with Crippen LogP contribution in [0, 0.1) is 11.7 Å². The number of nitrogens with two attached hydrogens (primary N) is 1. The van der Waals surface area contributed by atoms with E-state index in [-0.39, 0.29) is 16.9 Å². The number of hydrogen-bond acceptors (Lipinski definition) is 2. The molecule has 100 valence electrons. The van der Waals surface area contributed by atoms with E-state index >= 15 is 0 Å². The van der Waals surface area contributed by atoms with Crippen molar-refractivity contribution in [2.45, 2.75) is 38.3 Å². The zero-order chi connectivity index (χ0) is 13.1. The van der Waals surface area contributed by atoms with Crippen molar-refractivity contribution in [1.82, 2.24) is 5.32 Å². The molecule has 18 heavy (non-hydrogen) atoms. The molecule has 0 bridgehead atoms. The van der Waals surface area contributed by atoms with E-state index in [9.17, 15) is 4.39 Å². The van der Waals surface area contributed by atoms with Crippen LogP contribution in [0.2, 0.25) is 5.02 Å². The third-order valence-electron chi connectivity index (χ3n) is 3.72. The SMILES string of the molecule is CC1CCC(NC(CN)c2cccc(Cl)c2F)C1. The van der Waals surface area contributed by atoms with Gasteiger partial charge < -0.3 is 11.1 Å². The first-order valence-corrected chi connectivity index (χ1v) is 6.89. The predicted molar refractivity (Wildman–Crippen MR) is 73.1 cm³/mol. The van der Waals surface area contributed by atoms with Crippen LogP contribution in [-0.4, -0.2) is 12.6 Å². The highest BCUT2D eigenvalue weighted by Gasteiger charge is 2.25. The molecule has 1 fully saturated rings. The van der Waals surface area contributed by atoms with Gasteiger partial charge in [0.05, 0.1) is 5.02 Å². The number of hydrogen-bond donors (Lipinski definition) is 2. The quantitative estimate of drug-likeness (QED) is 0.881. The molecule has 0 saturated heterocycles. The minimum atomic E-state index is -0.354. The van der Waals surface area contributed by atoms with Gasteiger partial charge >= 0.3 is 0 Å². The van der Waals surface area contributed by atoms with Crippen molar-refractivity contribution in [2.75, 3.05) is 6.54 Å². The molecule has 0 spiro atoms. The van der Waals surface area contributed by atoms with E-state index in [4.69, 9.17) is 17.3 Å². The second-order valence-corrected chi connectivity index (χ2v) is 5.62. The van der Waals surface area contributed by atoms with Gasteiger partial charge in [-0.15, -0.1) is 0 Å². The maximum Gasteiger partial charge on any atom is 0.146 e. The van der Waals surface area contributed by atoms with Crippen molar-refractivity contribution in [2.24, 2.45) is 11.7 Å². The molecule has 0 aromatic heterocycles. The van der Waals surface area contributed by atoms with Gasteiger partial charge in [-0.25, -0.2) is 4.39 Å². The molecule has 1 aliphatic rings. The third-order valence-corrected chi connectivity index (χ3v) is 4.02. The summed E-state index contributed by atoms with van der Waals surface area (Å²) in [6, 6.07) is 5.36. The number of nitrogens with one attached hydrogen (secondary N) is 1. The van der Waals surface area contributed by atoms with E-state index in [1.165, 1.54) is 6.42 Å². The largest absolute Gasteiger partial charge is 0.329 e. The van der Waals surface area contributed by atoms with E-state index < -0.39 is 0 Å². The van der Waals surface area contributed by atoms with Crippen molar-refractivity contribution in [1.29, 1.82) is 0 Å². The monoisotopic (exact) mass is 270 g/mol. The first kappa shape index (κ1) is 13.8. The lowest BCUT2D eigenvalue weighted by Crippen LogP contribution is -2.35. The first-order chi connectivity index (χ1) is 8.61. The summed E-state index contributed by atoms with van der Waals surface area (Å²) < 4.78 is 14.0. The number of rotatable bonds is 4. The van der Waals surface area contributed by atoms with Crippen molar-refractivity contribution in [3.8, 4) is 0 Å². The molecule has 0 aliphatic heterocycles. The van der Waals surface area contributed by atoms with Crippen molar-refractivity contribution in [3.05, 3.63) is 34.6 Å². The highest BCUT2D eigenvalue weighted by molar-refractivity contribution is 6.30. The molecule has 3 atom stereocenters. The summed E-state index contributed by atoms with van der Waals surface area (Å²) >= 11 is 5.81. The molecule has 3 N–H and O–H groups in total. The molecular weight excluding hydrogens is 251 g/mol. The Kier molecular flexibility index (Phi) is 4.60. The number of halogens is 2. The van der Waals surface area contributed by atoms with Gasteiger partial charge in [-0.3, -0.25) is 0 Å². The summed E-state index contributed by atoms with van der Waals surface area (Å²) in [5, 5.41) is 3.62. The van der Waals surface area contributed by atoms with E-state index in [1.807, 2.05) is 0 Å². The second-order valence-electron chi connectivity index (χ2n) is 5.21. The molecule has 1 saturated carbocycles. The average molecular weight is 271 g/mol. The highest BCUT2D eigenvalue weighted by Crippen LogP contribution is 2.28. The van der Waals surface area contributed by atoms with Crippen molar-refractivity contribution in [3.63, 3.8) is 0 Å². The lowest BCUT2D eigenvalue weighted by Gasteiger charge is -2.23. The van der Waals surface area contributed by atoms with Gasteiger partial charge in [0, 0.05) is 24.2 Å². The smallest absolute Gasteiger partial charge is 0.146 e. The van der Waals surface area contributed by atoms with Gasteiger partial charge in [-0.1, -0.05) is 30.7 Å². The minimum absolute atomic E-state index is 0.154. The van der Waals surface area contributed by atoms with E-state index in [2.05, 4.69) is 12.2 Å². The Bertz CT molecular complexity index is 411. The van der Waals surface area contributed by atoms with Gasteiger partial charge in [0.15, 0.2) is 0 Å². The standard InChI is InChI=1S/C14H20ClFN2/c1-9-5-6-10(7-9)18-13(8-17)11-3-2-4-12(15)14(11)16/h2-4,9-10,13,18H,5-8,17H2,1H3. The molecule has 0 heterocycles. The Morgan fingerprint density at radius 3 is 2.89 bits per heavy atom. The fourth-order valence-corrected chi connectivity index (χ4v) is 2.90. The molecule has 3 unspecified atom stereocenters. The zero-order valence-electron chi connectivity index (χ0n) is 10.6. The van der Waals surface area contributed by atoms with Crippen LogP contribution in [0.1, 0.15) is 37.8 Å². The molecule has 0 radical (unpaired) electrons. The predicted octanol–water partition coefficient (Wildman–Crippen LogP) is 3.26.